The van der Waals surface area contributed by atoms with Gasteiger partial charge in [0.2, 0.25) is 0 Å². The van der Waals surface area contributed by atoms with Gasteiger partial charge in [0, 0.05) is 5.69 Å². The maximum absolute atomic E-state index is 13.3. The third-order valence-corrected chi connectivity index (χ3v) is 4.37. The Morgan fingerprint density at radius 2 is 1.86 bits per heavy atom. The molecule has 2 aromatic carbocycles. The molecule has 110 valence electrons. The van der Waals surface area contributed by atoms with Gasteiger partial charge in [-0.05, 0) is 36.8 Å². The highest BCUT2D eigenvalue weighted by Crippen LogP contribution is 2.21. The van der Waals surface area contributed by atoms with Crippen molar-refractivity contribution >= 4 is 21.7 Å². The van der Waals surface area contributed by atoms with Crippen molar-refractivity contribution in [2.45, 2.75) is 11.8 Å². The number of hydrogen-bond donors (Lipinski definition) is 2. The van der Waals surface area contributed by atoms with Crippen LogP contribution in [0.5, 0.6) is 0 Å². The molecule has 0 radical (unpaired) electrons. The van der Waals surface area contributed by atoms with Gasteiger partial charge in [0.1, 0.15) is 5.82 Å². The summed E-state index contributed by atoms with van der Waals surface area (Å²) >= 11 is 0. The van der Waals surface area contributed by atoms with Crippen LogP contribution in [0.3, 0.4) is 0 Å². The van der Waals surface area contributed by atoms with Gasteiger partial charge < -0.3 is 5.11 Å². The van der Waals surface area contributed by atoms with Crippen molar-refractivity contribution in [2.75, 3.05) is 4.72 Å². The number of sulfonamides is 1. The van der Waals surface area contributed by atoms with E-state index < -0.39 is 27.4 Å². The molecule has 0 saturated heterocycles. The molecule has 21 heavy (non-hydrogen) atoms. The molecular formula is C14H12FNO4S. The molecule has 2 aromatic rings. The van der Waals surface area contributed by atoms with Crippen LogP contribution in [0.25, 0.3) is 0 Å². The Labute approximate surface area is 121 Å². The second-order valence-corrected chi connectivity index (χ2v) is 6.02. The normalized spacial score (nSPS) is 11.1. The van der Waals surface area contributed by atoms with Crippen LogP contribution in [0.2, 0.25) is 0 Å². The summed E-state index contributed by atoms with van der Waals surface area (Å²) in [6, 6.07) is 9.36. The molecule has 0 saturated carbocycles. The Morgan fingerprint density at radius 3 is 2.48 bits per heavy atom. The van der Waals surface area contributed by atoms with Crippen molar-refractivity contribution in [3.8, 4) is 0 Å². The molecule has 0 amide bonds. The lowest BCUT2D eigenvalue weighted by Gasteiger charge is -2.11. The smallest absolute Gasteiger partial charge is 0.338 e. The highest BCUT2D eigenvalue weighted by atomic mass is 32.2. The van der Waals surface area contributed by atoms with E-state index in [1.165, 1.54) is 6.07 Å². The summed E-state index contributed by atoms with van der Waals surface area (Å²) in [5.74, 6) is -2.40. The van der Waals surface area contributed by atoms with Gasteiger partial charge in [0.15, 0.2) is 0 Å². The van der Waals surface area contributed by atoms with E-state index in [1.54, 1.807) is 25.1 Å². The van der Waals surface area contributed by atoms with Crippen LogP contribution >= 0.6 is 0 Å². The number of aryl methyl sites for hydroxylation is 1. The Morgan fingerprint density at radius 1 is 1.19 bits per heavy atom. The lowest BCUT2D eigenvalue weighted by molar-refractivity contribution is 0.0692. The van der Waals surface area contributed by atoms with Gasteiger partial charge in [-0.25, -0.2) is 17.6 Å². The zero-order chi connectivity index (χ0) is 15.6. The van der Waals surface area contributed by atoms with Crippen LogP contribution in [0, 0.1) is 12.7 Å². The lowest BCUT2D eigenvalue weighted by Crippen LogP contribution is -2.15. The number of aromatic carboxylic acids is 1. The molecule has 0 atom stereocenters. The SMILES string of the molecule is Cc1ccccc1S(=O)(=O)Nc1ccc(F)c(C(=O)O)c1. The largest absolute Gasteiger partial charge is 0.478 e. The molecule has 2 N–H and O–H groups in total. The molecule has 0 aliphatic rings. The predicted molar refractivity (Wildman–Crippen MR) is 75.3 cm³/mol. The molecule has 0 spiro atoms. The van der Waals surface area contributed by atoms with Gasteiger partial charge in [-0.15, -0.1) is 0 Å². The average molecular weight is 309 g/mol. The van der Waals surface area contributed by atoms with Crippen LogP contribution in [-0.2, 0) is 10.0 Å². The zero-order valence-corrected chi connectivity index (χ0v) is 11.8. The first kappa shape index (κ1) is 15.0. The number of hydrogen-bond acceptors (Lipinski definition) is 3. The summed E-state index contributed by atoms with van der Waals surface area (Å²) in [5.41, 5.74) is -0.0670. The maximum Gasteiger partial charge on any atom is 0.338 e. The minimum absolute atomic E-state index is 0.0166. The average Bonchev–Trinajstić information content (AvgIpc) is 2.40. The minimum atomic E-state index is -3.86. The molecule has 0 aliphatic heterocycles. The highest BCUT2D eigenvalue weighted by molar-refractivity contribution is 7.92. The number of carboxylic acid groups (broad SMARTS) is 1. The fraction of sp³-hybridized carbons (Fsp3) is 0.0714. The first-order chi connectivity index (χ1) is 9.81. The Hall–Kier alpha value is -2.41. The Bertz CT molecular complexity index is 802. The number of rotatable bonds is 4. The minimum Gasteiger partial charge on any atom is -0.478 e. The summed E-state index contributed by atoms with van der Waals surface area (Å²) in [6.07, 6.45) is 0. The van der Waals surface area contributed by atoms with Gasteiger partial charge in [-0.1, -0.05) is 18.2 Å². The first-order valence-electron chi connectivity index (χ1n) is 5.92. The van der Waals surface area contributed by atoms with Crippen LogP contribution in [0.15, 0.2) is 47.4 Å². The Balaban J connectivity index is 2.40. The van der Waals surface area contributed by atoms with Crippen molar-refractivity contribution in [3.05, 3.63) is 59.4 Å². The number of benzene rings is 2. The van der Waals surface area contributed by atoms with E-state index in [0.717, 1.165) is 18.2 Å². The number of nitrogens with one attached hydrogen (secondary N) is 1. The van der Waals surface area contributed by atoms with Gasteiger partial charge in [-0.3, -0.25) is 4.72 Å². The van der Waals surface area contributed by atoms with Crippen LogP contribution in [0.1, 0.15) is 15.9 Å². The predicted octanol–water partition coefficient (Wildman–Crippen LogP) is 2.63. The van der Waals surface area contributed by atoms with Gasteiger partial charge in [0.25, 0.3) is 10.0 Å². The van der Waals surface area contributed by atoms with Crippen LogP contribution < -0.4 is 4.72 Å². The number of carbonyl (C=O) groups is 1. The molecule has 0 aliphatic carbocycles. The molecule has 0 aromatic heterocycles. The fourth-order valence-corrected chi connectivity index (χ4v) is 3.12. The van der Waals surface area contributed by atoms with E-state index in [2.05, 4.69) is 4.72 Å². The monoisotopic (exact) mass is 309 g/mol. The molecular weight excluding hydrogens is 297 g/mol. The van der Waals surface area contributed by atoms with Crippen molar-refractivity contribution in [1.82, 2.24) is 0 Å². The quantitative estimate of drug-likeness (QED) is 0.909. The first-order valence-corrected chi connectivity index (χ1v) is 7.41. The van der Waals surface area contributed by atoms with Crippen molar-refractivity contribution < 1.29 is 22.7 Å². The van der Waals surface area contributed by atoms with Crippen molar-refractivity contribution in [1.29, 1.82) is 0 Å². The molecule has 0 heterocycles. The summed E-state index contributed by atoms with van der Waals surface area (Å²) in [5, 5.41) is 8.83. The number of anilines is 1. The van der Waals surface area contributed by atoms with Crippen LogP contribution in [0.4, 0.5) is 10.1 Å². The van der Waals surface area contributed by atoms with Crippen molar-refractivity contribution in [2.24, 2.45) is 0 Å². The number of carboxylic acids is 1. The molecule has 2 rings (SSSR count). The molecule has 0 unspecified atom stereocenters. The molecule has 5 nitrogen and oxygen atoms in total. The summed E-state index contributed by atoms with van der Waals surface area (Å²) < 4.78 is 40.0. The summed E-state index contributed by atoms with van der Waals surface area (Å²) in [4.78, 5) is 10.9. The van der Waals surface area contributed by atoms with E-state index in [4.69, 9.17) is 5.11 Å². The van der Waals surface area contributed by atoms with E-state index in [1.807, 2.05) is 0 Å². The summed E-state index contributed by atoms with van der Waals surface area (Å²) in [7, 11) is -3.86. The van der Waals surface area contributed by atoms with Gasteiger partial charge in [-0.2, -0.15) is 0 Å². The second-order valence-electron chi connectivity index (χ2n) is 4.37. The van der Waals surface area contributed by atoms with E-state index in [0.29, 0.717) is 5.56 Å². The van der Waals surface area contributed by atoms with E-state index in [-0.39, 0.29) is 10.6 Å². The maximum atomic E-state index is 13.3. The zero-order valence-electron chi connectivity index (χ0n) is 11.0. The lowest BCUT2D eigenvalue weighted by atomic mass is 10.2. The Kier molecular flexibility index (Phi) is 3.95. The third kappa shape index (κ3) is 3.19. The fourth-order valence-electron chi connectivity index (χ4n) is 1.82. The topological polar surface area (TPSA) is 83.5 Å². The molecule has 0 bridgehead atoms. The number of halogens is 1. The second kappa shape index (κ2) is 5.53. The standard InChI is InChI=1S/C14H12FNO4S/c1-9-4-2-3-5-13(9)21(19,20)16-10-6-7-12(15)11(8-10)14(17)18/h2-8,16H,1H3,(H,17,18). The molecule has 0 fully saturated rings. The van der Waals surface area contributed by atoms with Gasteiger partial charge in [0.05, 0.1) is 10.5 Å². The van der Waals surface area contributed by atoms with Crippen molar-refractivity contribution in [3.63, 3.8) is 0 Å². The van der Waals surface area contributed by atoms with E-state index >= 15 is 0 Å². The highest BCUT2D eigenvalue weighted by Gasteiger charge is 2.18. The molecule has 7 heteroatoms. The third-order valence-electron chi connectivity index (χ3n) is 2.83. The van der Waals surface area contributed by atoms with Gasteiger partial charge >= 0.3 is 5.97 Å². The van der Waals surface area contributed by atoms with Crippen LogP contribution in [-0.4, -0.2) is 19.5 Å². The summed E-state index contributed by atoms with van der Waals surface area (Å²) in [6.45, 7) is 1.64. The van der Waals surface area contributed by atoms with E-state index in [9.17, 15) is 17.6 Å².